The molecule has 0 bridgehead atoms. The molecule has 3 rings (SSSR count). The van der Waals surface area contributed by atoms with Gasteiger partial charge in [-0.3, -0.25) is 14.3 Å². The van der Waals surface area contributed by atoms with Gasteiger partial charge in [-0.2, -0.15) is 0 Å². The van der Waals surface area contributed by atoms with Crippen molar-refractivity contribution in [2.75, 3.05) is 16.8 Å². The van der Waals surface area contributed by atoms with E-state index in [2.05, 4.69) is 15.6 Å². The van der Waals surface area contributed by atoms with Gasteiger partial charge in [0, 0.05) is 20.0 Å². The first kappa shape index (κ1) is 15.1. The second kappa shape index (κ2) is 5.79. The number of anilines is 2. The summed E-state index contributed by atoms with van der Waals surface area (Å²) in [6, 6.07) is 6.03. The van der Waals surface area contributed by atoms with Gasteiger partial charge in [0.25, 0.3) is 0 Å². The van der Waals surface area contributed by atoms with Gasteiger partial charge < -0.3 is 10.2 Å². The summed E-state index contributed by atoms with van der Waals surface area (Å²) in [5.41, 5.74) is 0.914. The van der Waals surface area contributed by atoms with Gasteiger partial charge in [-0.25, -0.2) is 4.39 Å². The smallest absolute Gasteiger partial charge is 0.231 e. The van der Waals surface area contributed by atoms with Crippen molar-refractivity contribution in [3.8, 4) is 0 Å². The Kier molecular flexibility index (Phi) is 3.81. The van der Waals surface area contributed by atoms with Crippen LogP contribution in [0.2, 0.25) is 0 Å². The first-order chi connectivity index (χ1) is 11.0. The van der Waals surface area contributed by atoms with Crippen LogP contribution in [0.1, 0.15) is 12.1 Å². The number of hydrogen-bond acceptors (Lipinski definition) is 4. The molecule has 1 N–H and O–H groups in total. The van der Waals surface area contributed by atoms with Crippen LogP contribution in [0.4, 0.5) is 15.9 Å². The summed E-state index contributed by atoms with van der Waals surface area (Å²) in [6.45, 7) is 1.92. The number of nitrogens with one attached hydrogen (secondary N) is 1. The van der Waals surface area contributed by atoms with Crippen LogP contribution in [-0.2, 0) is 16.6 Å². The van der Waals surface area contributed by atoms with E-state index in [1.54, 1.807) is 30.8 Å². The van der Waals surface area contributed by atoms with Crippen molar-refractivity contribution < 1.29 is 14.0 Å². The third-order valence-corrected chi connectivity index (χ3v) is 3.99. The Morgan fingerprint density at radius 1 is 1.39 bits per heavy atom. The van der Waals surface area contributed by atoms with Gasteiger partial charge in [0.1, 0.15) is 5.82 Å². The van der Waals surface area contributed by atoms with Crippen molar-refractivity contribution in [3.05, 3.63) is 35.8 Å². The van der Waals surface area contributed by atoms with E-state index in [0.29, 0.717) is 11.5 Å². The summed E-state index contributed by atoms with van der Waals surface area (Å²) >= 11 is 0. The number of aryl methyl sites for hydroxylation is 1. The molecule has 1 fully saturated rings. The van der Waals surface area contributed by atoms with Crippen LogP contribution in [-0.4, -0.2) is 33.4 Å². The highest BCUT2D eigenvalue weighted by molar-refractivity contribution is 6.03. The average molecular weight is 317 g/mol. The van der Waals surface area contributed by atoms with Gasteiger partial charge in [0.2, 0.25) is 11.8 Å². The summed E-state index contributed by atoms with van der Waals surface area (Å²) in [6.07, 6.45) is 0.0411. The van der Waals surface area contributed by atoms with Crippen molar-refractivity contribution in [1.82, 2.24) is 15.0 Å². The number of carbonyl (C=O) groups excluding carboxylic acids is 2. The molecule has 2 aromatic rings. The van der Waals surface area contributed by atoms with Gasteiger partial charge in [0.15, 0.2) is 5.82 Å². The molecule has 2 amide bonds. The van der Waals surface area contributed by atoms with Crippen LogP contribution >= 0.6 is 0 Å². The standard InChI is InChI=1S/C15H16FN5O2/c1-9-14(18-19-20(9)2)17-15(23)10-7-13(22)21(8-10)12-6-4-3-5-11(12)16/h3-6,10H,7-8H2,1-2H3,(H,17,23). The molecule has 0 radical (unpaired) electrons. The van der Waals surface area contributed by atoms with Gasteiger partial charge in [-0.1, -0.05) is 17.3 Å². The second-order valence-corrected chi connectivity index (χ2v) is 5.49. The first-order valence-electron chi connectivity index (χ1n) is 7.19. The van der Waals surface area contributed by atoms with E-state index in [-0.39, 0.29) is 30.5 Å². The highest BCUT2D eigenvalue weighted by Crippen LogP contribution is 2.28. The topological polar surface area (TPSA) is 80.1 Å². The molecule has 2 heterocycles. The number of nitrogens with zero attached hydrogens (tertiary/aromatic N) is 4. The van der Waals surface area contributed by atoms with Gasteiger partial charge >= 0.3 is 0 Å². The van der Waals surface area contributed by atoms with Gasteiger partial charge in [-0.15, -0.1) is 5.10 Å². The molecular weight excluding hydrogens is 301 g/mol. The van der Waals surface area contributed by atoms with E-state index in [1.165, 1.54) is 17.0 Å². The Morgan fingerprint density at radius 2 is 2.13 bits per heavy atom. The largest absolute Gasteiger partial charge is 0.309 e. The highest BCUT2D eigenvalue weighted by Gasteiger charge is 2.36. The molecule has 1 aliphatic rings. The molecule has 1 saturated heterocycles. The summed E-state index contributed by atoms with van der Waals surface area (Å²) in [5.74, 6) is -1.25. The SMILES string of the molecule is Cc1c(NC(=O)C2CC(=O)N(c3ccccc3F)C2)nnn1C. The van der Waals surface area contributed by atoms with Crippen LogP contribution in [0.15, 0.2) is 24.3 Å². The van der Waals surface area contributed by atoms with Crippen LogP contribution in [0.25, 0.3) is 0 Å². The third-order valence-electron chi connectivity index (χ3n) is 3.99. The van der Waals surface area contributed by atoms with Crippen LogP contribution in [0, 0.1) is 18.7 Å². The van der Waals surface area contributed by atoms with E-state index in [1.807, 2.05) is 0 Å². The molecule has 8 heteroatoms. The molecular formula is C15H16FN5O2. The minimum absolute atomic E-state index is 0.0411. The lowest BCUT2D eigenvalue weighted by Crippen LogP contribution is -2.29. The van der Waals surface area contributed by atoms with Gasteiger partial charge in [-0.05, 0) is 19.1 Å². The van der Waals surface area contributed by atoms with E-state index in [9.17, 15) is 14.0 Å². The molecule has 23 heavy (non-hydrogen) atoms. The van der Waals surface area contributed by atoms with Crippen molar-refractivity contribution in [3.63, 3.8) is 0 Å². The van der Waals surface area contributed by atoms with Crippen molar-refractivity contribution in [2.24, 2.45) is 13.0 Å². The number of para-hydroxylation sites is 1. The van der Waals surface area contributed by atoms with E-state index < -0.39 is 11.7 Å². The molecule has 1 unspecified atom stereocenters. The van der Waals surface area contributed by atoms with Crippen LogP contribution in [0.5, 0.6) is 0 Å². The monoisotopic (exact) mass is 317 g/mol. The second-order valence-electron chi connectivity index (χ2n) is 5.49. The summed E-state index contributed by atoms with van der Waals surface area (Å²) in [4.78, 5) is 25.7. The Hall–Kier alpha value is -2.77. The molecule has 1 aromatic heterocycles. The molecule has 0 aliphatic carbocycles. The van der Waals surface area contributed by atoms with Crippen molar-refractivity contribution in [2.45, 2.75) is 13.3 Å². The normalized spacial score (nSPS) is 17.6. The number of carbonyl (C=O) groups is 2. The third kappa shape index (κ3) is 2.79. The number of aromatic nitrogens is 3. The summed E-state index contributed by atoms with van der Waals surface area (Å²) < 4.78 is 15.4. The van der Waals surface area contributed by atoms with Gasteiger partial charge in [0.05, 0.1) is 17.3 Å². The summed E-state index contributed by atoms with van der Waals surface area (Å²) in [5, 5.41) is 10.3. The molecule has 1 aliphatic heterocycles. The predicted molar refractivity (Wildman–Crippen MR) is 81.2 cm³/mol. The molecule has 120 valence electrons. The fourth-order valence-electron chi connectivity index (χ4n) is 2.53. The van der Waals surface area contributed by atoms with Crippen molar-refractivity contribution >= 4 is 23.3 Å². The zero-order chi connectivity index (χ0) is 16.6. The maximum Gasteiger partial charge on any atom is 0.231 e. The Balaban J connectivity index is 1.73. The van der Waals surface area contributed by atoms with E-state index >= 15 is 0 Å². The first-order valence-corrected chi connectivity index (χ1v) is 7.19. The molecule has 7 nitrogen and oxygen atoms in total. The fraction of sp³-hybridized carbons (Fsp3) is 0.333. The maximum absolute atomic E-state index is 13.8. The molecule has 0 saturated carbocycles. The van der Waals surface area contributed by atoms with Crippen LogP contribution in [0.3, 0.4) is 0 Å². The zero-order valence-electron chi connectivity index (χ0n) is 12.8. The Bertz CT molecular complexity index is 773. The van der Waals surface area contributed by atoms with Crippen LogP contribution < -0.4 is 10.2 Å². The number of benzene rings is 1. The van der Waals surface area contributed by atoms with Crippen molar-refractivity contribution in [1.29, 1.82) is 0 Å². The number of amides is 2. The minimum atomic E-state index is -0.552. The number of hydrogen-bond donors (Lipinski definition) is 1. The summed E-state index contributed by atoms with van der Waals surface area (Å²) in [7, 11) is 1.72. The van der Waals surface area contributed by atoms with E-state index in [4.69, 9.17) is 0 Å². The zero-order valence-corrected chi connectivity index (χ0v) is 12.8. The molecule has 0 spiro atoms. The molecule has 1 aromatic carbocycles. The molecule has 1 atom stereocenters. The number of halogens is 1. The van der Waals surface area contributed by atoms with E-state index in [0.717, 1.165) is 0 Å². The quantitative estimate of drug-likeness (QED) is 0.924. The fourth-order valence-corrected chi connectivity index (χ4v) is 2.53. The minimum Gasteiger partial charge on any atom is -0.309 e. The Labute approximate surface area is 132 Å². The Morgan fingerprint density at radius 3 is 2.78 bits per heavy atom. The lowest BCUT2D eigenvalue weighted by molar-refractivity contribution is -0.122. The lowest BCUT2D eigenvalue weighted by atomic mass is 10.1. The average Bonchev–Trinajstić information content (AvgIpc) is 3.05. The number of rotatable bonds is 3. The lowest BCUT2D eigenvalue weighted by Gasteiger charge is -2.17. The maximum atomic E-state index is 13.8. The predicted octanol–water partition coefficient (Wildman–Crippen LogP) is 1.25. The highest BCUT2D eigenvalue weighted by atomic mass is 19.1.